The Morgan fingerprint density at radius 1 is 1.14 bits per heavy atom. The van der Waals surface area contributed by atoms with Gasteiger partial charge in [0, 0.05) is 24.0 Å². The van der Waals surface area contributed by atoms with Gasteiger partial charge in [-0.2, -0.15) is 13.2 Å². The zero-order valence-corrected chi connectivity index (χ0v) is 10.8. The lowest BCUT2D eigenvalue weighted by atomic mass is 10.2. The largest absolute Gasteiger partial charge is 0.433 e. The molecule has 0 bridgehead atoms. The molecule has 0 aliphatic rings. The van der Waals surface area contributed by atoms with Crippen LogP contribution in [-0.4, -0.2) is 10.9 Å². The lowest BCUT2D eigenvalue weighted by molar-refractivity contribution is -0.141. The number of carbonyl (C=O) groups excluding carboxylic acids is 1. The molecule has 0 radical (unpaired) electrons. The predicted molar refractivity (Wildman–Crippen MR) is 71.3 cm³/mol. The maximum Gasteiger partial charge on any atom is 0.433 e. The van der Waals surface area contributed by atoms with Crippen LogP contribution in [0.5, 0.6) is 0 Å². The molecule has 110 valence electrons. The Kier molecular flexibility index (Phi) is 4.11. The van der Waals surface area contributed by atoms with E-state index in [1.54, 1.807) is 24.3 Å². The van der Waals surface area contributed by atoms with E-state index in [2.05, 4.69) is 10.3 Å². The molecule has 0 aliphatic heterocycles. The van der Waals surface area contributed by atoms with E-state index in [4.69, 9.17) is 5.73 Å². The highest BCUT2D eigenvalue weighted by Crippen LogP contribution is 2.27. The van der Waals surface area contributed by atoms with Crippen molar-refractivity contribution in [3.05, 3.63) is 59.4 Å². The van der Waals surface area contributed by atoms with Crippen LogP contribution in [-0.2, 0) is 12.7 Å². The van der Waals surface area contributed by atoms with Gasteiger partial charge in [-0.25, -0.2) is 0 Å². The van der Waals surface area contributed by atoms with Crippen molar-refractivity contribution in [2.45, 2.75) is 12.7 Å². The smallest absolute Gasteiger partial charge is 0.399 e. The normalized spacial score (nSPS) is 11.2. The van der Waals surface area contributed by atoms with Crippen LogP contribution in [0.4, 0.5) is 18.9 Å². The minimum atomic E-state index is -4.47. The van der Waals surface area contributed by atoms with Crippen molar-refractivity contribution in [2.75, 3.05) is 5.73 Å². The van der Waals surface area contributed by atoms with Crippen LogP contribution in [0, 0.1) is 0 Å². The molecule has 1 aromatic heterocycles. The SMILES string of the molecule is Nc1ccc(C(=O)NCc2ccc(C(F)(F)F)nc2)cc1. The summed E-state index contributed by atoms with van der Waals surface area (Å²) in [5.41, 5.74) is 5.99. The first-order chi connectivity index (χ1) is 9.86. The van der Waals surface area contributed by atoms with Crippen LogP contribution >= 0.6 is 0 Å². The number of pyridine rings is 1. The number of hydrogen-bond donors (Lipinski definition) is 2. The number of benzene rings is 1. The van der Waals surface area contributed by atoms with Crippen molar-refractivity contribution in [2.24, 2.45) is 0 Å². The number of rotatable bonds is 3. The Balaban J connectivity index is 1.97. The third-order valence-corrected chi connectivity index (χ3v) is 2.74. The maximum absolute atomic E-state index is 12.3. The number of halogens is 3. The molecule has 0 saturated heterocycles. The number of aromatic nitrogens is 1. The molecule has 0 aliphatic carbocycles. The summed E-state index contributed by atoms with van der Waals surface area (Å²) in [4.78, 5) is 15.1. The standard InChI is InChI=1S/C14H12F3N3O/c15-14(16,17)12-6-1-9(7-19-12)8-20-13(21)10-2-4-11(18)5-3-10/h1-7H,8,18H2,(H,20,21). The van der Waals surface area contributed by atoms with Gasteiger partial charge in [0.05, 0.1) is 0 Å². The van der Waals surface area contributed by atoms with Gasteiger partial charge < -0.3 is 11.1 Å². The highest BCUT2D eigenvalue weighted by Gasteiger charge is 2.31. The lowest BCUT2D eigenvalue weighted by Crippen LogP contribution is -2.23. The first kappa shape index (κ1) is 14.8. The van der Waals surface area contributed by atoms with Gasteiger partial charge in [0.15, 0.2) is 0 Å². The number of nitrogens with two attached hydrogens (primary N) is 1. The van der Waals surface area contributed by atoms with Crippen molar-refractivity contribution >= 4 is 11.6 Å². The molecule has 0 fully saturated rings. The molecule has 7 heteroatoms. The number of anilines is 1. The van der Waals surface area contributed by atoms with E-state index in [0.29, 0.717) is 16.8 Å². The number of nitrogens with one attached hydrogen (secondary N) is 1. The molecule has 1 heterocycles. The highest BCUT2D eigenvalue weighted by atomic mass is 19.4. The summed E-state index contributed by atoms with van der Waals surface area (Å²) in [6.07, 6.45) is -3.38. The van der Waals surface area contributed by atoms with Crippen LogP contribution in [0.1, 0.15) is 21.6 Å². The summed E-state index contributed by atoms with van der Waals surface area (Å²) in [6, 6.07) is 8.47. The minimum absolute atomic E-state index is 0.0916. The molecule has 21 heavy (non-hydrogen) atoms. The Morgan fingerprint density at radius 3 is 2.33 bits per heavy atom. The zero-order valence-electron chi connectivity index (χ0n) is 10.8. The molecule has 0 saturated carbocycles. The van der Waals surface area contributed by atoms with Crippen molar-refractivity contribution in [1.82, 2.24) is 10.3 Å². The summed E-state index contributed by atoms with van der Waals surface area (Å²) in [6.45, 7) is 0.0916. The van der Waals surface area contributed by atoms with Crippen LogP contribution < -0.4 is 11.1 Å². The topological polar surface area (TPSA) is 68.0 Å². The van der Waals surface area contributed by atoms with Crippen LogP contribution in [0.15, 0.2) is 42.6 Å². The summed E-state index contributed by atoms with van der Waals surface area (Å²) < 4.78 is 37.0. The fourth-order valence-electron chi connectivity index (χ4n) is 1.62. The van der Waals surface area contributed by atoms with Crippen LogP contribution in [0.3, 0.4) is 0 Å². The molecule has 3 N–H and O–H groups in total. The Hall–Kier alpha value is -2.57. The van der Waals surface area contributed by atoms with Crippen molar-refractivity contribution in [3.63, 3.8) is 0 Å². The average Bonchev–Trinajstić information content (AvgIpc) is 2.45. The summed E-state index contributed by atoms with van der Waals surface area (Å²) in [7, 11) is 0. The Bertz CT molecular complexity index is 621. The van der Waals surface area contributed by atoms with E-state index < -0.39 is 11.9 Å². The van der Waals surface area contributed by atoms with Crippen LogP contribution in [0.25, 0.3) is 0 Å². The van der Waals surface area contributed by atoms with Gasteiger partial charge in [-0.3, -0.25) is 9.78 Å². The zero-order chi connectivity index (χ0) is 15.5. The van der Waals surface area contributed by atoms with E-state index in [1.165, 1.54) is 6.07 Å². The van der Waals surface area contributed by atoms with Gasteiger partial charge in [-0.1, -0.05) is 6.07 Å². The van der Waals surface area contributed by atoms with Gasteiger partial charge in [0.25, 0.3) is 5.91 Å². The Morgan fingerprint density at radius 2 is 1.81 bits per heavy atom. The fourth-order valence-corrected chi connectivity index (χ4v) is 1.62. The van der Waals surface area contributed by atoms with Crippen molar-refractivity contribution in [3.8, 4) is 0 Å². The van der Waals surface area contributed by atoms with Crippen molar-refractivity contribution in [1.29, 1.82) is 0 Å². The predicted octanol–water partition coefficient (Wildman–Crippen LogP) is 2.61. The number of amides is 1. The van der Waals surface area contributed by atoms with Gasteiger partial charge >= 0.3 is 6.18 Å². The van der Waals surface area contributed by atoms with Gasteiger partial charge in [-0.05, 0) is 35.9 Å². The van der Waals surface area contributed by atoms with Gasteiger partial charge in [0.2, 0.25) is 0 Å². The minimum Gasteiger partial charge on any atom is -0.399 e. The number of hydrogen-bond acceptors (Lipinski definition) is 3. The Labute approximate surface area is 118 Å². The second kappa shape index (κ2) is 5.82. The van der Waals surface area contributed by atoms with Gasteiger partial charge in [0.1, 0.15) is 5.69 Å². The average molecular weight is 295 g/mol. The first-order valence-electron chi connectivity index (χ1n) is 6.02. The molecule has 2 rings (SSSR count). The lowest BCUT2D eigenvalue weighted by Gasteiger charge is -2.08. The molecule has 4 nitrogen and oxygen atoms in total. The number of carbonyl (C=O) groups is 1. The van der Waals surface area contributed by atoms with E-state index >= 15 is 0 Å². The quantitative estimate of drug-likeness (QED) is 0.855. The first-order valence-corrected chi connectivity index (χ1v) is 6.02. The monoisotopic (exact) mass is 295 g/mol. The summed E-state index contributed by atoms with van der Waals surface area (Å²) in [5, 5.41) is 2.59. The van der Waals surface area contributed by atoms with E-state index in [-0.39, 0.29) is 12.5 Å². The third kappa shape index (κ3) is 3.95. The van der Waals surface area contributed by atoms with E-state index in [1.807, 2.05) is 0 Å². The number of nitrogen functional groups attached to an aromatic ring is 1. The summed E-state index contributed by atoms with van der Waals surface area (Å²) >= 11 is 0. The maximum atomic E-state index is 12.3. The molecule has 0 unspecified atom stereocenters. The molecule has 1 amide bonds. The number of nitrogens with zero attached hydrogens (tertiary/aromatic N) is 1. The van der Waals surface area contributed by atoms with Crippen molar-refractivity contribution < 1.29 is 18.0 Å². The molecular weight excluding hydrogens is 283 g/mol. The third-order valence-electron chi connectivity index (χ3n) is 2.74. The molecule has 1 aromatic carbocycles. The molecule has 2 aromatic rings. The fraction of sp³-hybridized carbons (Fsp3) is 0.143. The summed E-state index contributed by atoms with van der Waals surface area (Å²) in [5.74, 6) is -0.338. The number of alkyl halides is 3. The molecule has 0 spiro atoms. The highest BCUT2D eigenvalue weighted by molar-refractivity contribution is 5.94. The van der Waals surface area contributed by atoms with Crippen LogP contribution in [0.2, 0.25) is 0 Å². The van der Waals surface area contributed by atoms with E-state index in [9.17, 15) is 18.0 Å². The van der Waals surface area contributed by atoms with E-state index in [0.717, 1.165) is 12.3 Å². The molecule has 0 atom stereocenters. The van der Waals surface area contributed by atoms with Gasteiger partial charge in [-0.15, -0.1) is 0 Å². The molecular formula is C14H12F3N3O. The second-order valence-electron chi connectivity index (χ2n) is 4.35. The second-order valence-corrected chi connectivity index (χ2v) is 4.35.